The van der Waals surface area contributed by atoms with Crippen molar-refractivity contribution in [2.24, 2.45) is 5.92 Å². The van der Waals surface area contributed by atoms with Gasteiger partial charge in [-0.1, -0.05) is 6.07 Å². The summed E-state index contributed by atoms with van der Waals surface area (Å²) in [4.78, 5) is 9.64. The van der Waals surface area contributed by atoms with Crippen molar-refractivity contribution in [1.29, 1.82) is 0 Å². The summed E-state index contributed by atoms with van der Waals surface area (Å²) in [5.74, 6) is 0.328. The number of fused-ring (bicyclic) bond motifs is 2. The lowest BCUT2D eigenvalue weighted by Gasteiger charge is -2.33. The van der Waals surface area contributed by atoms with Crippen LogP contribution in [-0.2, 0) is 10.3 Å². The largest absolute Gasteiger partial charge is 0.381 e. The van der Waals surface area contributed by atoms with E-state index in [2.05, 4.69) is 40.0 Å². The molecule has 0 unspecified atom stereocenters. The lowest BCUT2D eigenvalue weighted by molar-refractivity contribution is 0.0819. The Kier molecular flexibility index (Phi) is 5.44. The maximum atomic E-state index is 14.9. The summed E-state index contributed by atoms with van der Waals surface area (Å²) in [5, 5.41) is 4.57. The summed E-state index contributed by atoms with van der Waals surface area (Å²) >= 11 is 0. The number of aromatic nitrogens is 3. The van der Waals surface area contributed by atoms with E-state index in [1.54, 1.807) is 11.6 Å². The van der Waals surface area contributed by atoms with Crippen LogP contribution in [0.25, 0.3) is 16.8 Å². The summed E-state index contributed by atoms with van der Waals surface area (Å²) in [6.07, 6.45) is 7.96. The van der Waals surface area contributed by atoms with Crippen LogP contribution in [0, 0.1) is 24.5 Å². The van der Waals surface area contributed by atoms with E-state index in [4.69, 9.17) is 9.72 Å². The molecule has 2 atom stereocenters. The molecule has 4 heterocycles. The number of nitrogens with zero attached hydrogens (tertiary/aromatic N) is 5. The smallest absolute Gasteiger partial charge is 0.165 e. The van der Waals surface area contributed by atoms with Gasteiger partial charge in [-0.25, -0.2) is 18.3 Å². The zero-order valence-electron chi connectivity index (χ0n) is 21.7. The monoisotopic (exact) mass is 515 g/mol. The highest BCUT2D eigenvalue weighted by molar-refractivity contribution is 5.81. The molecule has 3 aliphatic rings. The van der Waals surface area contributed by atoms with Crippen LogP contribution in [0.3, 0.4) is 0 Å². The predicted octanol–water partition coefficient (Wildman–Crippen LogP) is 5.72. The molecule has 38 heavy (non-hydrogen) atoms. The molecule has 1 saturated carbocycles. The Morgan fingerprint density at radius 3 is 2.58 bits per heavy atom. The van der Waals surface area contributed by atoms with Gasteiger partial charge in [0, 0.05) is 49.8 Å². The summed E-state index contributed by atoms with van der Waals surface area (Å²) in [6.45, 7) is 4.87. The second-order valence-electron chi connectivity index (χ2n) is 10.9. The number of anilines is 2. The lowest BCUT2D eigenvalue weighted by Crippen LogP contribution is -2.36. The number of hydrogen-bond acceptors (Lipinski definition) is 5. The van der Waals surface area contributed by atoms with E-state index in [0.29, 0.717) is 17.6 Å². The van der Waals surface area contributed by atoms with Gasteiger partial charge in [-0.3, -0.25) is 0 Å². The van der Waals surface area contributed by atoms with Crippen LogP contribution < -0.4 is 9.80 Å². The average Bonchev–Trinajstić information content (AvgIpc) is 3.31. The molecular formula is C30H31F2N5O. The fourth-order valence-corrected chi connectivity index (χ4v) is 6.79. The van der Waals surface area contributed by atoms with Gasteiger partial charge in [-0.05, 0) is 86.1 Å². The lowest BCUT2D eigenvalue weighted by atomic mass is 10.0. The number of piperidine rings is 2. The normalized spacial score (nSPS) is 23.3. The Bertz CT molecular complexity index is 1530. The van der Waals surface area contributed by atoms with Gasteiger partial charge >= 0.3 is 0 Å². The third kappa shape index (κ3) is 3.61. The minimum atomic E-state index is -0.522. The zero-order chi connectivity index (χ0) is 26.0. The van der Waals surface area contributed by atoms with Crippen LogP contribution in [0.1, 0.15) is 36.8 Å². The number of hydrogen-bond donors (Lipinski definition) is 0. The van der Waals surface area contributed by atoms with E-state index < -0.39 is 11.4 Å². The highest BCUT2D eigenvalue weighted by Gasteiger charge is 2.64. The van der Waals surface area contributed by atoms with Crippen LogP contribution >= 0.6 is 0 Å². The van der Waals surface area contributed by atoms with E-state index in [1.165, 1.54) is 29.4 Å². The van der Waals surface area contributed by atoms with Crippen molar-refractivity contribution in [1.82, 2.24) is 14.6 Å². The van der Waals surface area contributed by atoms with Crippen molar-refractivity contribution in [3.05, 3.63) is 77.6 Å². The van der Waals surface area contributed by atoms with Crippen molar-refractivity contribution in [3.63, 3.8) is 0 Å². The molecule has 0 amide bonds. The Morgan fingerprint density at radius 2 is 1.82 bits per heavy atom. The molecule has 7 rings (SSSR count). The first-order valence-corrected chi connectivity index (χ1v) is 13.4. The highest BCUT2D eigenvalue weighted by Crippen LogP contribution is 2.63. The predicted molar refractivity (Wildman–Crippen MR) is 144 cm³/mol. The number of rotatable bonds is 5. The van der Waals surface area contributed by atoms with Gasteiger partial charge in [0.15, 0.2) is 5.65 Å². The summed E-state index contributed by atoms with van der Waals surface area (Å²) < 4.78 is 36.3. The fourth-order valence-electron chi connectivity index (χ4n) is 6.79. The Balaban J connectivity index is 1.22. The Labute approximate surface area is 220 Å². The minimum absolute atomic E-state index is 0.310. The van der Waals surface area contributed by atoms with Crippen molar-refractivity contribution in [2.75, 3.05) is 36.5 Å². The van der Waals surface area contributed by atoms with Gasteiger partial charge in [0.25, 0.3) is 0 Å². The quantitative estimate of drug-likeness (QED) is 0.340. The SMILES string of the molecule is COC1CCN(c2ccc(-c3cnn4ccc(N5CC[C@H]6C[C@]65c5cc(F)ccc5F)nc34)c(C)c2)CC1. The molecule has 3 fully saturated rings. The molecule has 0 N–H and O–H groups in total. The molecule has 2 aliphatic heterocycles. The van der Waals surface area contributed by atoms with Gasteiger partial charge in [-0.2, -0.15) is 5.10 Å². The standard InChI is InChI=1S/C30H31F2N5O/c1-19-15-22(35-11-8-23(38-2)9-12-35)4-5-24(19)25-18-33-37-14-10-28(34-29(25)37)36-13-7-20-17-30(20,36)26-16-21(31)3-6-27(26)32/h3-6,10,14-16,18,20,23H,7-9,11-13,17H2,1-2H3/t20-,30+/m0/s1. The van der Waals surface area contributed by atoms with E-state index in [-0.39, 0.29) is 5.82 Å². The van der Waals surface area contributed by atoms with Crippen molar-refractivity contribution in [3.8, 4) is 11.1 Å². The van der Waals surface area contributed by atoms with E-state index in [0.717, 1.165) is 67.9 Å². The van der Waals surface area contributed by atoms with Gasteiger partial charge in [0.1, 0.15) is 17.5 Å². The molecule has 2 saturated heterocycles. The zero-order valence-corrected chi connectivity index (χ0v) is 21.7. The first kappa shape index (κ1) is 23.6. The maximum absolute atomic E-state index is 14.9. The molecule has 0 bridgehead atoms. The van der Waals surface area contributed by atoms with E-state index >= 15 is 0 Å². The molecular weight excluding hydrogens is 484 g/mol. The number of benzene rings is 2. The third-order valence-electron chi connectivity index (χ3n) is 8.92. The minimum Gasteiger partial charge on any atom is -0.381 e. The molecule has 1 aliphatic carbocycles. The molecule has 6 nitrogen and oxygen atoms in total. The fraction of sp³-hybridized carbons (Fsp3) is 0.400. The number of aryl methyl sites for hydroxylation is 1. The molecule has 2 aromatic heterocycles. The second-order valence-corrected chi connectivity index (χ2v) is 10.9. The van der Waals surface area contributed by atoms with Gasteiger partial charge < -0.3 is 14.5 Å². The van der Waals surface area contributed by atoms with E-state index in [1.807, 2.05) is 18.5 Å². The Morgan fingerprint density at radius 1 is 0.974 bits per heavy atom. The molecule has 196 valence electrons. The third-order valence-corrected chi connectivity index (χ3v) is 8.92. The topological polar surface area (TPSA) is 45.9 Å². The number of methoxy groups -OCH3 is 1. The van der Waals surface area contributed by atoms with Crippen LogP contribution in [0.5, 0.6) is 0 Å². The van der Waals surface area contributed by atoms with Crippen molar-refractivity contribution < 1.29 is 13.5 Å². The van der Waals surface area contributed by atoms with Crippen LogP contribution in [0.2, 0.25) is 0 Å². The van der Waals surface area contributed by atoms with E-state index in [9.17, 15) is 8.78 Å². The summed E-state index contributed by atoms with van der Waals surface area (Å²) in [5.41, 5.74) is 5.13. The second kappa shape index (κ2) is 8.76. The van der Waals surface area contributed by atoms with Crippen LogP contribution in [0.4, 0.5) is 20.3 Å². The Hall–Kier alpha value is -3.52. The first-order chi connectivity index (χ1) is 18.5. The molecule has 8 heteroatoms. The highest BCUT2D eigenvalue weighted by atomic mass is 19.1. The van der Waals surface area contributed by atoms with Gasteiger partial charge in [0.05, 0.1) is 17.8 Å². The molecule has 2 aromatic carbocycles. The van der Waals surface area contributed by atoms with Crippen molar-refractivity contribution >= 4 is 17.2 Å². The molecule has 0 radical (unpaired) electrons. The van der Waals surface area contributed by atoms with Crippen molar-refractivity contribution in [2.45, 2.75) is 44.2 Å². The maximum Gasteiger partial charge on any atom is 0.165 e. The average molecular weight is 516 g/mol. The first-order valence-electron chi connectivity index (χ1n) is 13.4. The van der Waals surface area contributed by atoms with Gasteiger partial charge in [0.2, 0.25) is 0 Å². The number of halogens is 2. The van der Waals surface area contributed by atoms with Gasteiger partial charge in [-0.15, -0.1) is 0 Å². The van der Waals surface area contributed by atoms with Crippen LogP contribution in [-0.4, -0.2) is 47.4 Å². The van der Waals surface area contributed by atoms with Crippen LogP contribution in [0.15, 0.2) is 54.9 Å². The summed E-state index contributed by atoms with van der Waals surface area (Å²) in [6, 6.07) is 12.3. The molecule has 0 spiro atoms. The summed E-state index contributed by atoms with van der Waals surface area (Å²) in [7, 11) is 1.79. The molecule has 4 aromatic rings. The number of ether oxygens (including phenoxy) is 1.